The Balaban J connectivity index is 1.59. The molecular weight excluding hydrogens is 341 g/mol. The number of amides is 3. The van der Waals surface area contributed by atoms with Crippen molar-refractivity contribution < 1.29 is 23.5 Å². The highest BCUT2D eigenvalue weighted by atomic mass is 19.1. The summed E-state index contributed by atoms with van der Waals surface area (Å²) in [5, 5.41) is 0. The van der Waals surface area contributed by atoms with Crippen LogP contribution in [-0.2, 0) is 14.3 Å². The number of nitrogens with zero attached hydrogens (tertiary/aromatic N) is 3. The number of benzene rings is 1. The fourth-order valence-electron chi connectivity index (χ4n) is 3.36. The van der Waals surface area contributed by atoms with E-state index in [9.17, 15) is 18.8 Å². The third kappa shape index (κ3) is 3.63. The molecule has 1 aromatic rings. The molecule has 2 heterocycles. The average molecular weight is 363 g/mol. The minimum absolute atomic E-state index is 0.0747. The molecule has 1 atom stereocenters. The summed E-state index contributed by atoms with van der Waals surface area (Å²) in [6.45, 7) is 3.86. The second-order valence-electron chi connectivity index (χ2n) is 6.37. The van der Waals surface area contributed by atoms with E-state index in [1.165, 1.54) is 17.0 Å². The van der Waals surface area contributed by atoms with Gasteiger partial charge in [0, 0.05) is 39.1 Å². The van der Waals surface area contributed by atoms with Crippen molar-refractivity contribution in [2.24, 2.45) is 5.92 Å². The average Bonchev–Trinajstić information content (AvgIpc) is 3.03. The number of carbonyl (C=O) groups is 3. The number of carbonyl (C=O) groups excluding carboxylic acids is 3. The van der Waals surface area contributed by atoms with Crippen LogP contribution < -0.4 is 4.90 Å². The van der Waals surface area contributed by atoms with Gasteiger partial charge in [0.05, 0.1) is 18.2 Å². The SMILES string of the molecule is CCOC(=O)N1CCN(C(=O)[C@H]2CC(=O)N(c3ccccc3F)C2)CC1. The van der Waals surface area contributed by atoms with Crippen LogP contribution in [0.25, 0.3) is 0 Å². The molecule has 0 spiro atoms. The second kappa shape index (κ2) is 7.72. The largest absolute Gasteiger partial charge is 0.450 e. The van der Waals surface area contributed by atoms with E-state index in [1.807, 2.05) is 0 Å². The maximum absolute atomic E-state index is 13.9. The van der Waals surface area contributed by atoms with E-state index < -0.39 is 11.7 Å². The zero-order chi connectivity index (χ0) is 18.7. The summed E-state index contributed by atoms with van der Waals surface area (Å²) in [4.78, 5) is 41.3. The van der Waals surface area contributed by atoms with Gasteiger partial charge in [-0.1, -0.05) is 12.1 Å². The molecule has 0 aliphatic carbocycles. The van der Waals surface area contributed by atoms with Crippen LogP contribution in [0.1, 0.15) is 13.3 Å². The Morgan fingerprint density at radius 1 is 1.15 bits per heavy atom. The molecule has 0 N–H and O–H groups in total. The quantitative estimate of drug-likeness (QED) is 0.816. The van der Waals surface area contributed by atoms with Crippen LogP contribution in [0.15, 0.2) is 24.3 Å². The van der Waals surface area contributed by atoms with Crippen LogP contribution in [-0.4, -0.2) is 67.0 Å². The summed E-state index contributed by atoms with van der Waals surface area (Å²) in [5.74, 6) is -1.34. The molecule has 2 fully saturated rings. The Hall–Kier alpha value is -2.64. The molecule has 3 rings (SSSR count). The number of para-hydroxylation sites is 1. The number of rotatable bonds is 3. The monoisotopic (exact) mass is 363 g/mol. The predicted molar refractivity (Wildman–Crippen MR) is 92.0 cm³/mol. The van der Waals surface area contributed by atoms with Crippen molar-refractivity contribution in [3.63, 3.8) is 0 Å². The van der Waals surface area contributed by atoms with E-state index in [4.69, 9.17) is 4.74 Å². The Morgan fingerprint density at radius 3 is 2.46 bits per heavy atom. The first-order valence-corrected chi connectivity index (χ1v) is 8.76. The molecule has 3 amide bonds. The Morgan fingerprint density at radius 2 is 1.81 bits per heavy atom. The van der Waals surface area contributed by atoms with Gasteiger partial charge in [0.25, 0.3) is 0 Å². The second-order valence-corrected chi connectivity index (χ2v) is 6.37. The normalized spacial score (nSPS) is 20.5. The lowest BCUT2D eigenvalue weighted by molar-refractivity contribution is -0.137. The van der Waals surface area contributed by atoms with Gasteiger partial charge in [0.1, 0.15) is 5.82 Å². The molecule has 0 unspecified atom stereocenters. The zero-order valence-corrected chi connectivity index (χ0v) is 14.7. The molecule has 140 valence electrons. The molecule has 7 nitrogen and oxygen atoms in total. The molecule has 26 heavy (non-hydrogen) atoms. The van der Waals surface area contributed by atoms with E-state index in [0.29, 0.717) is 32.8 Å². The molecule has 0 aromatic heterocycles. The van der Waals surface area contributed by atoms with Gasteiger partial charge in [-0.05, 0) is 19.1 Å². The maximum Gasteiger partial charge on any atom is 0.409 e. The van der Waals surface area contributed by atoms with Crippen LogP contribution in [0.3, 0.4) is 0 Å². The molecule has 2 aliphatic rings. The predicted octanol–water partition coefficient (Wildman–Crippen LogP) is 1.48. The van der Waals surface area contributed by atoms with Crippen molar-refractivity contribution in [2.75, 3.05) is 44.2 Å². The molecule has 2 aliphatic heterocycles. The molecular formula is C18H22FN3O4. The highest BCUT2D eigenvalue weighted by molar-refractivity contribution is 6.00. The number of halogens is 1. The van der Waals surface area contributed by atoms with Crippen LogP contribution in [0.5, 0.6) is 0 Å². The van der Waals surface area contributed by atoms with Gasteiger partial charge in [-0.2, -0.15) is 0 Å². The van der Waals surface area contributed by atoms with Crippen LogP contribution in [0, 0.1) is 11.7 Å². The minimum Gasteiger partial charge on any atom is -0.450 e. The van der Waals surface area contributed by atoms with Crippen molar-refractivity contribution in [3.05, 3.63) is 30.1 Å². The van der Waals surface area contributed by atoms with Gasteiger partial charge in [0.15, 0.2) is 0 Å². The van der Waals surface area contributed by atoms with Crippen molar-refractivity contribution in [2.45, 2.75) is 13.3 Å². The lowest BCUT2D eigenvalue weighted by Gasteiger charge is -2.35. The van der Waals surface area contributed by atoms with Gasteiger partial charge < -0.3 is 19.4 Å². The van der Waals surface area contributed by atoms with Crippen LogP contribution in [0.4, 0.5) is 14.9 Å². The first kappa shape index (κ1) is 18.2. The molecule has 8 heteroatoms. The smallest absolute Gasteiger partial charge is 0.409 e. The summed E-state index contributed by atoms with van der Waals surface area (Å²) in [6.07, 6.45) is -0.299. The Kier molecular flexibility index (Phi) is 5.39. The highest BCUT2D eigenvalue weighted by Gasteiger charge is 2.39. The standard InChI is InChI=1S/C18H22FN3O4/c1-2-26-18(25)21-9-7-20(8-10-21)17(24)13-11-16(23)22(12-13)15-6-4-3-5-14(15)19/h3-6,13H,2,7-12H2,1H3/t13-/m0/s1. The topological polar surface area (TPSA) is 70.2 Å². The minimum atomic E-state index is -0.490. The molecule has 2 saturated heterocycles. The van der Waals surface area contributed by atoms with E-state index >= 15 is 0 Å². The number of hydrogen-bond donors (Lipinski definition) is 0. The molecule has 0 saturated carbocycles. The fraction of sp³-hybridized carbons (Fsp3) is 0.500. The van der Waals surface area contributed by atoms with E-state index in [0.717, 1.165) is 0 Å². The summed E-state index contributed by atoms with van der Waals surface area (Å²) in [7, 11) is 0. The van der Waals surface area contributed by atoms with E-state index in [2.05, 4.69) is 0 Å². The first-order chi connectivity index (χ1) is 12.5. The maximum atomic E-state index is 13.9. The Labute approximate surface area is 151 Å². The Bertz CT molecular complexity index is 703. The third-order valence-electron chi connectivity index (χ3n) is 4.73. The van der Waals surface area contributed by atoms with Crippen LogP contribution in [0.2, 0.25) is 0 Å². The fourth-order valence-corrected chi connectivity index (χ4v) is 3.36. The summed E-state index contributed by atoms with van der Waals surface area (Å²) in [6, 6.07) is 6.06. The van der Waals surface area contributed by atoms with Gasteiger partial charge in [0.2, 0.25) is 11.8 Å². The van der Waals surface area contributed by atoms with Crippen molar-refractivity contribution >= 4 is 23.6 Å². The third-order valence-corrected chi connectivity index (χ3v) is 4.73. The summed E-state index contributed by atoms with van der Waals surface area (Å²) < 4.78 is 18.9. The zero-order valence-electron chi connectivity index (χ0n) is 14.7. The summed E-state index contributed by atoms with van der Waals surface area (Å²) in [5.41, 5.74) is 0.208. The number of hydrogen-bond acceptors (Lipinski definition) is 4. The van der Waals surface area contributed by atoms with Crippen molar-refractivity contribution in [1.82, 2.24) is 9.80 Å². The molecule has 0 bridgehead atoms. The van der Waals surface area contributed by atoms with E-state index in [1.54, 1.807) is 28.9 Å². The van der Waals surface area contributed by atoms with Gasteiger partial charge in [-0.15, -0.1) is 0 Å². The van der Waals surface area contributed by atoms with E-state index in [-0.39, 0.29) is 36.6 Å². The van der Waals surface area contributed by atoms with Gasteiger partial charge in [-0.25, -0.2) is 9.18 Å². The van der Waals surface area contributed by atoms with Crippen molar-refractivity contribution in [1.29, 1.82) is 0 Å². The van der Waals surface area contributed by atoms with Crippen LogP contribution >= 0.6 is 0 Å². The lowest BCUT2D eigenvalue weighted by atomic mass is 10.1. The number of anilines is 1. The number of piperazine rings is 1. The molecule has 1 aromatic carbocycles. The van der Waals surface area contributed by atoms with Crippen molar-refractivity contribution in [3.8, 4) is 0 Å². The molecule has 0 radical (unpaired) electrons. The van der Waals surface area contributed by atoms with Gasteiger partial charge in [-0.3, -0.25) is 9.59 Å². The van der Waals surface area contributed by atoms with Gasteiger partial charge >= 0.3 is 6.09 Å². The highest BCUT2D eigenvalue weighted by Crippen LogP contribution is 2.28. The number of ether oxygens (including phenoxy) is 1. The first-order valence-electron chi connectivity index (χ1n) is 8.76. The summed E-state index contributed by atoms with van der Waals surface area (Å²) >= 11 is 0. The lowest BCUT2D eigenvalue weighted by Crippen LogP contribution is -2.52.